The maximum Gasteiger partial charge on any atom is 0.418 e. The van der Waals surface area contributed by atoms with Crippen LogP contribution in [0.3, 0.4) is 0 Å². The number of amides is 1. The minimum Gasteiger partial charge on any atom is -0.484 e. The van der Waals surface area contributed by atoms with Crippen molar-refractivity contribution in [1.82, 2.24) is 0 Å². The first-order valence-corrected chi connectivity index (χ1v) is 7.51. The Morgan fingerprint density at radius 2 is 1.60 bits per heavy atom. The minimum atomic E-state index is -4.54. The third-order valence-electron chi connectivity index (χ3n) is 3.60. The lowest BCUT2D eigenvalue weighted by Gasteiger charge is -2.14. The standard InChI is InChI=1S/C19H14F3NO2/c20-19(21,22)16-7-3-4-8-17(16)23-18(24)12-25-15-10-9-13-5-1-2-6-14(13)11-15/h1-11H,12H2,(H,23,24). The molecule has 0 aliphatic rings. The van der Waals surface area contributed by atoms with Crippen molar-refractivity contribution >= 4 is 22.4 Å². The lowest BCUT2D eigenvalue weighted by molar-refractivity contribution is -0.137. The second kappa shape index (κ2) is 6.84. The van der Waals surface area contributed by atoms with Gasteiger partial charge in [0.15, 0.2) is 6.61 Å². The maximum atomic E-state index is 12.9. The summed E-state index contributed by atoms with van der Waals surface area (Å²) in [6.07, 6.45) is -4.54. The van der Waals surface area contributed by atoms with Gasteiger partial charge in [-0.15, -0.1) is 0 Å². The molecule has 0 aliphatic heterocycles. The molecule has 0 unspecified atom stereocenters. The Balaban J connectivity index is 1.67. The van der Waals surface area contributed by atoms with Crippen LogP contribution in [0.1, 0.15) is 5.56 Å². The van der Waals surface area contributed by atoms with Crippen molar-refractivity contribution in [2.45, 2.75) is 6.18 Å². The molecular weight excluding hydrogens is 331 g/mol. The number of carbonyl (C=O) groups is 1. The highest BCUT2D eigenvalue weighted by molar-refractivity contribution is 5.93. The number of benzene rings is 3. The van der Waals surface area contributed by atoms with Gasteiger partial charge < -0.3 is 10.1 Å². The fraction of sp³-hybridized carbons (Fsp3) is 0.105. The van der Waals surface area contributed by atoms with E-state index < -0.39 is 17.6 Å². The Bertz CT molecular complexity index is 906. The summed E-state index contributed by atoms with van der Waals surface area (Å²) >= 11 is 0. The van der Waals surface area contributed by atoms with E-state index >= 15 is 0 Å². The van der Waals surface area contributed by atoms with E-state index in [1.54, 1.807) is 12.1 Å². The highest BCUT2D eigenvalue weighted by Crippen LogP contribution is 2.34. The Labute approximate surface area is 142 Å². The normalized spacial score (nSPS) is 11.3. The monoisotopic (exact) mass is 345 g/mol. The highest BCUT2D eigenvalue weighted by atomic mass is 19.4. The average Bonchev–Trinajstić information content (AvgIpc) is 2.59. The van der Waals surface area contributed by atoms with Gasteiger partial charge in [0, 0.05) is 0 Å². The highest BCUT2D eigenvalue weighted by Gasteiger charge is 2.33. The molecule has 0 saturated heterocycles. The summed E-state index contributed by atoms with van der Waals surface area (Å²) in [5.74, 6) is -0.192. The van der Waals surface area contributed by atoms with E-state index in [0.717, 1.165) is 16.8 Å². The first kappa shape index (κ1) is 16.8. The molecule has 0 bridgehead atoms. The lowest BCUT2D eigenvalue weighted by Crippen LogP contribution is -2.22. The number of ether oxygens (including phenoxy) is 1. The van der Waals surface area contributed by atoms with Gasteiger partial charge >= 0.3 is 6.18 Å². The number of anilines is 1. The number of rotatable bonds is 4. The van der Waals surface area contributed by atoms with Gasteiger partial charge in [0.25, 0.3) is 5.91 Å². The Morgan fingerprint density at radius 1 is 0.920 bits per heavy atom. The number of hydrogen-bond acceptors (Lipinski definition) is 2. The molecule has 3 aromatic carbocycles. The number of hydrogen-bond donors (Lipinski definition) is 1. The minimum absolute atomic E-state index is 0.290. The van der Waals surface area contributed by atoms with E-state index in [0.29, 0.717) is 5.75 Å². The van der Waals surface area contributed by atoms with Crippen LogP contribution in [0.15, 0.2) is 66.7 Å². The third-order valence-corrected chi connectivity index (χ3v) is 3.60. The molecule has 1 N–H and O–H groups in total. The summed E-state index contributed by atoms with van der Waals surface area (Å²) in [6, 6.07) is 17.8. The first-order chi connectivity index (χ1) is 11.9. The Morgan fingerprint density at radius 3 is 2.36 bits per heavy atom. The van der Waals surface area contributed by atoms with E-state index in [1.807, 2.05) is 30.3 Å². The van der Waals surface area contributed by atoms with Crippen molar-refractivity contribution in [3.8, 4) is 5.75 Å². The molecular formula is C19H14F3NO2. The number of nitrogens with one attached hydrogen (secondary N) is 1. The molecule has 0 fully saturated rings. The summed E-state index contributed by atoms with van der Waals surface area (Å²) in [6.45, 7) is -0.384. The fourth-order valence-electron chi connectivity index (χ4n) is 2.43. The average molecular weight is 345 g/mol. The molecule has 0 aromatic heterocycles. The number of carbonyl (C=O) groups excluding carboxylic acids is 1. The lowest BCUT2D eigenvalue weighted by atomic mass is 10.1. The SMILES string of the molecule is O=C(COc1ccc2ccccc2c1)Nc1ccccc1C(F)(F)F. The van der Waals surface area contributed by atoms with Crippen LogP contribution in [0.5, 0.6) is 5.75 Å². The third kappa shape index (κ3) is 4.09. The summed E-state index contributed by atoms with van der Waals surface area (Å²) < 4.78 is 44.1. The van der Waals surface area contributed by atoms with Crippen LogP contribution in [0.2, 0.25) is 0 Å². The Kier molecular flexibility index (Phi) is 4.61. The van der Waals surface area contributed by atoms with Crippen molar-refractivity contribution in [2.24, 2.45) is 0 Å². The molecule has 3 rings (SSSR count). The zero-order valence-electron chi connectivity index (χ0n) is 13.0. The zero-order valence-corrected chi connectivity index (χ0v) is 13.0. The van der Waals surface area contributed by atoms with Crippen molar-refractivity contribution in [3.05, 3.63) is 72.3 Å². The molecule has 128 valence electrons. The predicted molar refractivity (Wildman–Crippen MR) is 89.5 cm³/mol. The van der Waals surface area contributed by atoms with Gasteiger partial charge in [-0.3, -0.25) is 4.79 Å². The molecule has 0 spiro atoms. The fourth-order valence-corrected chi connectivity index (χ4v) is 2.43. The summed E-state index contributed by atoms with van der Waals surface area (Å²) in [7, 11) is 0. The van der Waals surface area contributed by atoms with Crippen molar-refractivity contribution in [3.63, 3.8) is 0 Å². The van der Waals surface area contributed by atoms with Gasteiger partial charge in [-0.25, -0.2) is 0 Å². The first-order valence-electron chi connectivity index (χ1n) is 7.51. The summed E-state index contributed by atoms with van der Waals surface area (Å²) in [4.78, 5) is 11.9. The number of fused-ring (bicyclic) bond motifs is 1. The number of halogens is 3. The molecule has 3 aromatic rings. The smallest absolute Gasteiger partial charge is 0.418 e. The van der Waals surface area contributed by atoms with Crippen LogP contribution in [-0.2, 0) is 11.0 Å². The van der Waals surface area contributed by atoms with Crippen LogP contribution in [-0.4, -0.2) is 12.5 Å². The van der Waals surface area contributed by atoms with Gasteiger partial charge in [-0.05, 0) is 35.0 Å². The van der Waals surface area contributed by atoms with E-state index in [9.17, 15) is 18.0 Å². The quantitative estimate of drug-likeness (QED) is 0.732. The van der Waals surface area contributed by atoms with Crippen LogP contribution in [0, 0.1) is 0 Å². The summed E-state index contributed by atoms with van der Waals surface area (Å²) in [5.41, 5.74) is -1.18. The summed E-state index contributed by atoms with van der Waals surface area (Å²) in [5, 5.41) is 4.21. The molecule has 25 heavy (non-hydrogen) atoms. The Hall–Kier alpha value is -3.02. The van der Waals surface area contributed by atoms with E-state index in [2.05, 4.69) is 5.32 Å². The largest absolute Gasteiger partial charge is 0.484 e. The van der Waals surface area contributed by atoms with Gasteiger partial charge in [0.1, 0.15) is 5.75 Å². The van der Waals surface area contributed by atoms with Crippen molar-refractivity contribution < 1.29 is 22.7 Å². The van der Waals surface area contributed by atoms with Crippen molar-refractivity contribution in [2.75, 3.05) is 11.9 Å². The molecule has 6 heteroatoms. The molecule has 0 saturated carbocycles. The molecule has 3 nitrogen and oxygen atoms in total. The predicted octanol–water partition coefficient (Wildman–Crippen LogP) is 4.88. The molecule has 0 radical (unpaired) electrons. The maximum absolute atomic E-state index is 12.9. The molecule has 1 amide bonds. The van der Waals surface area contributed by atoms with Gasteiger partial charge in [0.2, 0.25) is 0 Å². The zero-order chi connectivity index (χ0) is 17.9. The van der Waals surface area contributed by atoms with Gasteiger partial charge in [0.05, 0.1) is 11.3 Å². The van der Waals surface area contributed by atoms with Crippen LogP contribution in [0.25, 0.3) is 10.8 Å². The molecule has 0 atom stereocenters. The second-order valence-electron chi connectivity index (χ2n) is 5.39. The molecule has 0 heterocycles. The second-order valence-corrected chi connectivity index (χ2v) is 5.39. The van der Waals surface area contributed by atoms with Crippen LogP contribution in [0.4, 0.5) is 18.9 Å². The topological polar surface area (TPSA) is 38.3 Å². The van der Waals surface area contributed by atoms with Crippen molar-refractivity contribution in [1.29, 1.82) is 0 Å². The number of para-hydroxylation sites is 1. The van der Waals surface area contributed by atoms with E-state index in [-0.39, 0.29) is 12.3 Å². The van der Waals surface area contributed by atoms with Crippen LogP contribution < -0.4 is 10.1 Å². The van der Waals surface area contributed by atoms with Gasteiger partial charge in [-0.2, -0.15) is 13.2 Å². The van der Waals surface area contributed by atoms with E-state index in [4.69, 9.17) is 4.74 Å². The van der Waals surface area contributed by atoms with Gasteiger partial charge in [-0.1, -0.05) is 42.5 Å². The number of alkyl halides is 3. The van der Waals surface area contributed by atoms with Crippen LogP contribution >= 0.6 is 0 Å². The molecule has 0 aliphatic carbocycles. The van der Waals surface area contributed by atoms with E-state index in [1.165, 1.54) is 18.2 Å².